The van der Waals surface area contributed by atoms with Crippen LogP contribution in [0.1, 0.15) is 5.56 Å². The average Bonchev–Trinajstić information content (AvgIpc) is 3.49. The lowest BCUT2D eigenvalue weighted by Gasteiger charge is -2.29. The summed E-state index contributed by atoms with van der Waals surface area (Å²) in [7, 11) is 0. The van der Waals surface area contributed by atoms with Crippen LogP contribution in [0.15, 0.2) is 75.9 Å². The van der Waals surface area contributed by atoms with Crippen molar-refractivity contribution in [2.45, 2.75) is 0 Å². The van der Waals surface area contributed by atoms with Gasteiger partial charge in [0.1, 0.15) is 5.76 Å². The lowest BCUT2D eigenvalue weighted by atomic mass is 10.1. The van der Waals surface area contributed by atoms with E-state index in [0.29, 0.717) is 11.3 Å². The Morgan fingerprint density at radius 1 is 1.00 bits per heavy atom. The van der Waals surface area contributed by atoms with Crippen molar-refractivity contribution in [1.82, 2.24) is 14.9 Å². The van der Waals surface area contributed by atoms with Crippen molar-refractivity contribution < 1.29 is 4.42 Å². The molecule has 0 aliphatic carbocycles. The van der Waals surface area contributed by atoms with Crippen LogP contribution in [0.5, 0.6) is 0 Å². The van der Waals surface area contributed by atoms with Gasteiger partial charge >= 0.3 is 0 Å². The van der Waals surface area contributed by atoms with Crippen LogP contribution in [-0.2, 0) is 0 Å². The molecular weight excluding hydrogens is 454 g/mol. The van der Waals surface area contributed by atoms with Gasteiger partial charge in [0.05, 0.1) is 17.3 Å². The number of imidazole rings is 1. The number of furan rings is 1. The van der Waals surface area contributed by atoms with Gasteiger partial charge in [-0.25, -0.2) is 4.98 Å². The third-order valence-corrected chi connectivity index (χ3v) is 6.07. The molecule has 0 radical (unpaired) electrons. The topological polar surface area (TPSA) is 70.0 Å². The highest BCUT2D eigenvalue weighted by Crippen LogP contribution is 2.32. The van der Waals surface area contributed by atoms with Gasteiger partial charge in [-0.2, -0.15) is 5.26 Å². The molecule has 4 aromatic rings. The highest BCUT2D eigenvalue weighted by molar-refractivity contribution is 9.10. The quantitative estimate of drug-likeness (QED) is 0.458. The van der Waals surface area contributed by atoms with E-state index < -0.39 is 0 Å². The number of aromatic nitrogens is 2. The summed E-state index contributed by atoms with van der Waals surface area (Å²) in [6, 6.07) is 19.8. The lowest BCUT2D eigenvalue weighted by molar-refractivity contribution is 0.589. The second-order valence-electron chi connectivity index (χ2n) is 7.35. The summed E-state index contributed by atoms with van der Waals surface area (Å²) in [5.41, 5.74) is 3.76. The number of nitriles is 1. The maximum Gasteiger partial charge on any atom is 0.180 e. The molecule has 1 fully saturated rings. The van der Waals surface area contributed by atoms with E-state index in [0.717, 1.165) is 53.5 Å². The Bertz CT molecular complexity index is 1250. The summed E-state index contributed by atoms with van der Waals surface area (Å²) in [5.74, 6) is 2.15. The molecule has 5 rings (SSSR count). The van der Waals surface area contributed by atoms with Gasteiger partial charge in [0.2, 0.25) is 0 Å². The first-order valence-electron chi connectivity index (χ1n) is 10.1. The smallest absolute Gasteiger partial charge is 0.180 e. The monoisotopic (exact) mass is 473 g/mol. The Labute approximate surface area is 188 Å². The standard InChI is InChI=1S/C24H20BrN5O/c25-20-15-19(29-12-9-27-10-13-29)5-6-21(20)30-14-11-28-24(30)23-8-7-22(31-23)18-3-1-17(16-26)2-4-18/h1-8,11,14-15,27H,9-10,12-13H2. The minimum atomic E-state index is 0.625. The molecule has 7 heteroatoms. The van der Waals surface area contributed by atoms with Crippen molar-refractivity contribution in [3.8, 4) is 34.7 Å². The fourth-order valence-electron chi connectivity index (χ4n) is 3.81. The van der Waals surface area contributed by atoms with Gasteiger partial charge in [0.15, 0.2) is 11.6 Å². The van der Waals surface area contributed by atoms with E-state index in [-0.39, 0.29) is 0 Å². The second-order valence-corrected chi connectivity index (χ2v) is 8.20. The largest absolute Gasteiger partial charge is 0.453 e. The minimum absolute atomic E-state index is 0.625. The summed E-state index contributed by atoms with van der Waals surface area (Å²) < 4.78 is 9.13. The molecule has 0 bridgehead atoms. The van der Waals surface area contributed by atoms with E-state index >= 15 is 0 Å². The molecule has 2 aromatic carbocycles. The number of rotatable bonds is 4. The number of anilines is 1. The molecule has 154 valence electrons. The van der Waals surface area contributed by atoms with Crippen molar-refractivity contribution in [1.29, 1.82) is 5.26 Å². The molecule has 1 aliphatic heterocycles. The van der Waals surface area contributed by atoms with Gasteiger partial charge in [0, 0.05) is 54.3 Å². The molecule has 1 N–H and O–H groups in total. The Hall–Kier alpha value is -3.34. The van der Waals surface area contributed by atoms with E-state index in [9.17, 15) is 0 Å². The van der Waals surface area contributed by atoms with Crippen molar-refractivity contribution in [3.05, 3.63) is 77.0 Å². The zero-order valence-corrected chi connectivity index (χ0v) is 18.3. The fraction of sp³-hybridized carbons (Fsp3) is 0.167. The van der Waals surface area contributed by atoms with Gasteiger partial charge in [-0.15, -0.1) is 0 Å². The third-order valence-electron chi connectivity index (χ3n) is 5.44. The number of hydrogen-bond acceptors (Lipinski definition) is 5. The average molecular weight is 474 g/mol. The predicted molar refractivity (Wildman–Crippen MR) is 124 cm³/mol. The zero-order valence-electron chi connectivity index (χ0n) is 16.8. The third kappa shape index (κ3) is 3.88. The number of nitrogens with zero attached hydrogens (tertiary/aromatic N) is 4. The van der Waals surface area contributed by atoms with Crippen molar-refractivity contribution >= 4 is 21.6 Å². The zero-order chi connectivity index (χ0) is 21.2. The maximum atomic E-state index is 8.99. The van der Waals surface area contributed by atoms with Crippen molar-refractivity contribution in [3.63, 3.8) is 0 Å². The number of halogens is 1. The van der Waals surface area contributed by atoms with Crippen LogP contribution in [0.4, 0.5) is 5.69 Å². The second kappa shape index (κ2) is 8.42. The molecule has 1 saturated heterocycles. The number of piperazine rings is 1. The maximum absolute atomic E-state index is 8.99. The lowest BCUT2D eigenvalue weighted by Crippen LogP contribution is -2.43. The van der Waals surface area contributed by atoms with Crippen LogP contribution in [0.2, 0.25) is 0 Å². The van der Waals surface area contributed by atoms with Gasteiger partial charge in [-0.1, -0.05) is 0 Å². The molecule has 0 atom stereocenters. The van der Waals surface area contributed by atoms with E-state index in [1.165, 1.54) is 5.69 Å². The van der Waals surface area contributed by atoms with Gasteiger partial charge in [0.25, 0.3) is 0 Å². The fourth-order valence-corrected chi connectivity index (χ4v) is 4.37. The summed E-state index contributed by atoms with van der Waals surface area (Å²) in [6.07, 6.45) is 3.71. The minimum Gasteiger partial charge on any atom is -0.453 e. The molecule has 31 heavy (non-hydrogen) atoms. The molecule has 6 nitrogen and oxygen atoms in total. The first-order valence-corrected chi connectivity index (χ1v) is 10.9. The molecule has 0 unspecified atom stereocenters. The van der Waals surface area contributed by atoms with E-state index in [4.69, 9.17) is 9.68 Å². The van der Waals surface area contributed by atoms with Crippen molar-refractivity contribution in [2.24, 2.45) is 0 Å². The van der Waals surface area contributed by atoms with Gasteiger partial charge in [-0.3, -0.25) is 4.57 Å². The van der Waals surface area contributed by atoms with Crippen LogP contribution in [0.3, 0.4) is 0 Å². The van der Waals surface area contributed by atoms with Crippen molar-refractivity contribution in [2.75, 3.05) is 31.1 Å². The molecule has 0 spiro atoms. The predicted octanol–water partition coefficient (Wildman–Crippen LogP) is 4.84. The summed E-state index contributed by atoms with van der Waals surface area (Å²) in [5, 5.41) is 12.4. The molecule has 0 amide bonds. The Morgan fingerprint density at radius 2 is 1.77 bits per heavy atom. The van der Waals surface area contributed by atoms with Crippen LogP contribution in [0, 0.1) is 11.3 Å². The number of nitrogens with one attached hydrogen (secondary N) is 1. The highest BCUT2D eigenvalue weighted by Gasteiger charge is 2.17. The van der Waals surface area contributed by atoms with E-state index in [1.54, 1.807) is 18.3 Å². The van der Waals surface area contributed by atoms with Crippen LogP contribution in [0.25, 0.3) is 28.6 Å². The molecule has 2 aromatic heterocycles. The Balaban J connectivity index is 1.45. The number of benzene rings is 2. The summed E-state index contributed by atoms with van der Waals surface area (Å²) >= 11 is 3.75. The van der Waals surface area contributed by atoms with Crippen LogP contribution in [-0.4, -0.2) is 35.7 Å². The van der Waals surface area contributed by atoms with E-state index in [1.807, 2.05) is 35.0 Å². The summed E-state index contributed by atoms with van der Waals surface area (Å²) in [6.45, 7) is 4.02. The molecule has 0 saturated carbocycles. The molecule has 3 heterocycles. The van der Waals surface area contributed by atoms with Gasteiger partial charge in [-0.05, 0) is 70.5 Å². The normalized spacial score (nSPS) is 13.9. The van der Waals surface area contributed by atoms with Crippen LogP contribution < -0.4 is 10.2 Å². The Kier molecular flexibility index (Phi) is 5.33. The van der Waals surface area contributed by atoms with E-state index in [2.05, 4.69) is 55.4 Å². The number of hydrogen-bond donors (Lipinski definition) is 1. The SMILES string of the molecule is N#Cc1ccc(-c2ccc(-c3nccn3-c3ccc(N4CCNCC4)cc3Br)o2)cc1. The first kappa shape index (κ1) is 19.6. The molecular formula is C24H20BrN5O. The van der Waals surface area contributed by atoms with Crippen LogP contribution >= 0.6 is 15.9 Å². The highest BCUT2D eigenvalue weighted by atomic mass is 79.9. The van der Waals surface area contributed by atoms with Gasteiger partial charge < -0.3 is 14.6 Å². The first-order chi connectivity index (χ1) is 15.2. The summed E-state index contributed by atoms with van der Waals surface area (Å²) in [4.78, 5) is 6.92. The Morgan fingerprint density at radius 3 is 2.52 bits per heavy atom. The molecule has 1 aliphatic rings.